The van der Waals surface area contributed by atoms with Crippen LogP contribution in [0.4, 0.5) is 5.69 Å². The highest BCUT2D eigenvalue weighted by Crippen LogP contribution is 2.19. The lowest BCUT2D eigenvalue weighted by atomic mass is 10.1. The topological polar surface area (TPSA) is 69.6 Å². The molecule has 1 aromatic rings. The van der Waals surface area contributed by atoms with E-state index in [1.165, 1.54) is 0 Å². The summed E-state index contributed by atoms with van der Waals surface area (Å²) >= 11 is 0. The van der Waals surface area contributed by atoms with Gasteiger partial charge in [-0.15, -0.1) is 0 Å². The van der Waals surface area contributed by atoms with E-state index in [1.807, 2.05) is 20.8 Å². The van der Waals surface area contributed by atoms with Gasteiger partial charge in [0.1, 0.15) is 6.04 Å². The second-order valence-corrected chi connectivity index (χ2v) is 4.73. The predicted octanol–water partition coefficient (Wildman–Crippen LogP) is 2.36. The molecule has 110 valence electrons. The minimum atomic E-state index is -1.00. The summed E-state index contributed by atoms with van der Waals surface area (Å²) in [4.78, 5) is 25.1. The molecule has 0 aromatic heterocycles. The molecule has 1 atom stereocenters. The highest BCUT2D eigenvalue weighted by Gasteiger charge is 2.20. The van der Waals surface area contributed by atoms with Crippen LogP contribution in [0.1, 0.15) is 36.7 Å². The lowest BCUT2D eigenvalue weighted by Crippen LogP contribution is -2.41. The zero-order valence-electron chi connectivity index (χ0n) is 12.4. The second-order valence-electron chi connectivity index (χ2n) is 4.73. The Hall–Kier alpha value is -2.04. The summed E-state index contributed by atoms with van der Waals surface area (Å²) in [7, 11) is 0. The Morgan fingerprint density at radius 1 is 1.30 bits per heavy atom. The zero-order valence-corrected chi connectivity index (χ0v) is 12.4. The average molecular weight is 278 g/mol. The van der Waals surface area contributed by atoms with Crippen LogP contribution < -0.4 is 5.32 Å². The number of carboxylic acids is 1. The Balaban J connectivity index is 2.95. The van der Waals surface area contributed by atoms with Gasteiger partial charge in [-0.3, -0.25) is 4.79 Å². The molecule has 0 radical (unpaired) electrons. The molecule has 2 N–H and O–H groups in total. The van der Waals surface area contributed by atoms with E-state index in [2.05, 4.69) is 5.32 Å². The third-order valence-corrected chi connectivity index (χ3v) is 3.22. The van der Waals surface area contributed by atoms with Gasteiger partial charge in [0.2, 0.25) is 5.91 Å². The third-order valence-electron chi connectivity index (χ3n) is 3.22. The summed E-state index contributed by atoms with van der Waals surface area (Å²) in [6.07, 6.45) is 0. The molecule has 0 fully saturated rings. The van der Waals surface area contributed by atoms with Gasteiger partial charge in [0.15, 0.2) is 0 Å². The largest absolute Gasteiger partial charge is 0.478 e. The number of aromatic carboxylic acids is 1. The molecular weight excluding hydrogens is 256 g/mol. The number of carbonyl (C=O) groups excluding carboxylic acids is 1. The van der Waals surface area contributed by atoms with Gasteiger partial charge in [-0.1, -0.05) is 6.07 Å². The molecule has 20 heavy (non-hydrogen) atoms. The van der Waals surface area contributed by atoms with Crippen LogP contribution in [0.2, 0.25) is 0 Å². The van der Waals surface area contributed by atoms with Crippen LogP contribution >= 0.6 is 0 Å². The quantitative estimate of drug-likeness (QED) is 0.838. The van der Waals surface area contributed by atoms with Gasteiger partial charge in [-0.25, -0.2) is 4.79 Å². The molecule has 0 aliphatic carbocycles. The second kappa shape index (κ2) is 6.93. The first-order valence-corrected chi connectivity index (χ1v) is 6.79. The number of hydrogen-bond acceptors (Lipinski definition) is 3. The Bertz CT molecular complexity index is 496. The van der Waals surface area contributed by atoms with Crippen LogP contribution in [0.25, 0.3) is 0 Å². The van der Waals surface area contributed by atoms with Crippen molar-refractivity contribution in [1.82, 2.24) is 4.90 Å². The number of likely N-dealkylation sites (N-methyl/N-ethyl adjacent to an activating group) is 1. The highest BCUT2D eigenvalue weighted by atomic mass is 16.4. The smallest absolute Gasteiger partial charge is 0.337 e. The minimum Gasteiger partial charge on any atom is -0.478 e. The first-order valence-electron chi connectivity index (χ1n) is 6.79. The van der Waals surface area contributed by atoms with Crippen molar-refractivity contribution in [2.45, 2.75) is 33.7 Å². The van der Waals surface area contributed by atoms with Crippen LogP contribution in [-0.2, 0) is 4.79 Å². The van der Waals surface area contributed by atoms with Crippen LogP contribution in [0, 0.1) is 6.92 Å². The molecule has 0 spiro atoms. The van der Waals surface area contributed by atoms with E-state index in [9.17, 15) is 14.7 Å². The van der Waals surface area contributed by atoms with Crippen LogP contribution in [0.15, 0.2) is 18.2 Å². The zero-order chi connectivity index (χ0) is 15.3. The molecule has 1 aromatic carbocycles. The van der Waals surface area contributed by atoms with Crippen molar-refractivity contribution in [3.63, 3.8) is 0 Å². The lowest BCUT2D eigenvalue weighted by molar-refractivity contribution is -0.131. The van der Waals surface area contributed by atoms with E-state index >= 15 is 0 Å². The average Bonchev–Trinajstić information content (AvgIpc) is 2.39. The number of benzene rings is 1. The van der Waals surface area contributed by atoms with Gasteiger partial charge in [-0.2, -0.15) is 0 Å². The van der Waals surface area contributed by atoms with Crippen molar-refractivity contribution in [2.75, 3.05) is 18.4 Å². The molecule has 0 bridgehead atoms. The number of nitrogens with one attached hydrogen (secondary N) is 1. The number of carboxylic acid groups (broad SMARTS) is 1. The Morgan fingerprint density at radius 3 is 2.40 bits per heavy atom. The third kappa shape index (κ3) is 3.73. The number of hydrogen-bond donors (Lipinski definition) is 2. The number of nitrogens with zero attached hydrogens (tertiary/aromatic N) is 1. The summed E-state index contributed by atoms with van der Waals surface area (Å²) in [6, 6.07) is 4.57. The van der Waals surface area contributed by atoms with E-state index in [-0.39, 0.29) is 11.5 Å². The molecule has 1 rings (SSSR count). The molecule has 0 aliphatic heterocycles. The van der Waals surface area contributed by atoms with Crippen molar-refractivity contribution >= 4 is 17.6 Å². The summed E-state index contributed by atoms with van der Waals surface area (Å²) in [5.74, 6) is -1.04. The first kappa shape index (κ1) is 16.0. The number of anilines is 1. The maximum atomic E-state index is 12.2. The van der Waals surface area contributed by atoms with Gasteiger partial charge in [0.25, 0.3) is 0 Å². The van der Waals surface area contributed by atoms with E-state index in [1.54, 1.807) is 30.0 Å². The van der Waals surface area contributed by atoms with Crippen molar-refractivity contribution in [1.29, 1.82) is 0 Å². The molecular formula is C15H22N2O3. The van der Waals surface area contributed by atoms with E-state index in [0.29, 0.717) is 18.8 Å². The molecule has 5 nitrogen and oxygen atoms in total. The fourth-order valence-corrected chi connectivity index (χ4v) is 2.07. The molecule has 5 heteroatoms. The standard InChI is InChI=1S/C15H22N2O3/c1-5-17(6-2)14(18)11(4)16-13-9-10(3)7-8-12(13)15(19)20/h7-9,11,16H,5-6H2,1-4H3,(H,19,20). The highest BCUT2D eigenvalue weighted by molar-refractivity contribution is 5.95. The number of rotatable bonds is 6. The summed E-state index contributed by atoms with van der Waals surface area (Å²) in [6.45, 7) is 8.75. The first-order chi connectivity index (χ1) is 9.40. The Kier molecular flexibility index (Phi) is 5.55. The normalized spacial score (nSPS) is 11.8. The van der Waals surface area contributed by atoms with Gasteiger partial charge in [0.05, 0.1) is 5.56 Å². The Labute approximate surface area is 119 Å². The maximum Gasteiger partial charge on any atom is 0.337 e. The van der Waals surface area contributed by atoms with Crippen LogP contribution in [0.5, 0.6) is 0 Å². The molecule has 1 unspecified atom stereocenters. The van der Waals surface area contributed by atoms with Crippen molar-refractivity contribution in [3.8, 4) is 0 Å². The monoisotopic (exact) mass is 278 g/mol. The van der Waals surface area contributed by atoms with E-state index in [4.69, 9.17) is 0 Å². The molecule has 0 aliphatic rings. The lowest BCUT2D eigenvalue weighted by Gasteiger charge is -2.24. The van der Waals surface area contributed by atoms with Gasteiger partial charge >= 0.3 is 5.97 Å². The van der Waals surface area contributed by atoms with Crippen molar-refractivity contribution in [3.05, 3.63) is 29.3 Å². The predicted molar refractivity (Wildman–Crippen MR) is 79.2 cm³/mol. The maximum absolute atomic E-state index is 12.2. The summed E-state index contributed by atoms with van der Waals surface area (Å²) in [5.41, 5.74) is 1.60. The molecule has 0 saturated carbocycles. The molecule has 0 saturated heterocycles. The fourth-order valence-electron chi connectivity index (χ4n) is 2.07. The molecule has 0 heterocycles. The minimum absolute atomic E-state index is 0.0344. The van der Waals surface area contributed by atoms with Gasteiger partial charge in [-0.05, 0) is 45.4 Å². The van der Waals surface area contributed by atoms with Gasteiger partial charge in [0, 0.05) is 18.8 Å². The van der Waals surface area contributed by atoms with E-state index < -0.39 is 12.0 Å². The fraction of sp³-hybridized carbons (Fsp3) is 0.467. The number of aryl methyl sites for hydroxylation is 1. The van der Waals surface area contributed by atoms with Crippen molar-refractivity contribution in [2.24, 2.45) is 0 Å². The SMILES string of the molecule is CCN(CC)C(=O)C(C)Nc1cc(C)ccc1C(=O)O. The number of carbonyl (C=O) groups is 2. The van der Waals surface area contributed by atoms with Crippen molar-refractivity contribution < 1.29 is 14.7 Å². The Morgan fingerprint density at radius 2 is 1.90 bits per heavy atom. The number of amides is 1. The summed E-state index contributed by atoms with van der Waals surface area (Å²) in [5, 5.41) is 12.2. The van der Waals surface area contributed by atoms with Crippen LogP contribution in [-0.4, -0.2) is 41.0 Å². The van der Waals surface area contributed by atoms with Crippen LogP contribution in [0.3, 0.4) is 0 Å². The molecule has 1 amide bonds. The van der Waals surface area contributed by atoms with Gasteiger partial charge < -0.3 is 15.3 Å². The summed E-state index contributed by atoms with van der Waals surface area (Å²) < 4.78 is 0. The van der Waals surface area contributed by atoms with E-state index in [0.717, 1.165) is 5.56 Å².